The van der Waals surface area contributed by atoms with Crippen LogP contribution in [0, 0.1) is 23.6 Å². The van der Waals surface area contributed by atoms with Crippen LogP contribution in [0.25, 0.3) is 11.5 Å². The van der Waals surface area contributed by atoms with Gasteiger partial charge in [-0.3, -0.25) is 0 Å². The molecule has 2 aliphatic carbocycles. The molecule has 1 aliphatic heterocycles. The van der Waals surface area contributed by atoms with E-state index in [1.807, 2.05) is 0 Å². The highest BCUT2D eigenvalue weighted by Gasteiger charge is 2.43. The summed E-state index contributed by atoms with van der Waals surface area (Å²) in [6.45, 7) is 2.57. The fraction of sp³-hybridized carbons (Fsp3) is 0.520. The van der Waals surface area contributed by atoms with Gasteiger partial charge in [0.1, 0.15) is 11.6 Å². The number of piperidine rings is 1. The van der Waals surface area contributed by atoms with Gasteiger partial charge in [-0.1, -0.05) is 11.6 Å². The lowest BCUT2D eigenvalue weighted by Crippen LogP contribution is -2.35. The Labute approximate surface area is 202 Å². The van der Waals surface area contributed by atoms with Crippen molar-refractivity contribution in [2.24, 2.45) is 17.8 Å². The Morgan fingerprint density at radius 1 is 1.09 bits per heavy atom. The zero-order chi connectivity index (χ0) is 23.1. The van der Waals surface area contributed by atoms with Crippen LogP contribution in [0.1, 0.15) is 50.3 Å². The molecule has 9 heteroatoms. The standard InChI is InChI=1S/C25H27ClFN5O2/c26-18-13-28-25(29-14-18)32-8-5-15(6-9-32)21-11-17(21)7-10-33-19-3-4-20(22(27)12-19)24-31-30-23(34-24)16-1-2-16/h3-4,12-17,21H,1-2,5-11H2/t17-,21-/m1/s1. The van der Waals surface area contributed by atoms with Crippen LogP contribution >= 0.6 is 11.6 Å². The van der Waals surface area contributed by atoms with E-state index in [1.54, 1.807) is 24.5 Å². The molecule has 0 amide bonds. The quantitative estimate of drug-likeness (QED) is 0.417. The second-order valence-electron chi connectivity index (χ2n) is 9.68. The lowest BCUT2D eigenvalue weighted by Gasteiger charge is -2.32. The number of hydrogen-bond donors (Lipinski definition) is 0. The molecule has 1 aromatic carbocycles. The third-order valence-electron chi connectivity index (χ3n) is 7.31. The Morgan fingerprint density at radius 2 is 1.88 bits per heavy atom. The molecule has 1 saturated heterocycles. The van der Waals surface area contributed by atoms with Crippen molar-refractivity contribution in [3.05, 3.63) is 47.3 Å². The molecule has 3 aliphatic rings. The lowest BCUT2D eigenvalue weighted by molar-refractivity contribution is 0.283. The maximum absolute atomic E-state index is 14.6. The first-order valence-corrected chi connectivity index (χ1v) is 12.5. The maximum atomic E-state index is 14.6. The van der Waals surface area contributed by atoms with Gasteiger partial charge in [0.15, 0.2) is 0 Å². The number of nitrogens with zero attached hydrogens (tertiary/aromatic N) is 5. The van der Waals surface area contributed by atoms with Crippen LogP contribution in [0.2, 0.25) is 5.02 Å². The lowest BCUT2D eigenvalue weighted by atomic mass is 9.90. The molecule has 34 heavy (non-hydrogen) atoms. The predicted molar refractivity (Wildman–Crippen MR) is 125 cm³/mol. The summed E-state index contributed by atoms with van der Waals surface area (Å²) in [5.41, 5.74) is 0.323. The Morgan fingerprint density at radius 3 is 2.62 bits per heavy atom. The number of aromatic nitrogens is 4. The first kappa shape index (κ1) is 21.8. The van der Waals surface area contributed by atoms with Gasteiger partial charge in [0, 0.05) is 25.1 Å². The number of hydrogen-bond acceptors (Lipinski definition) is 7. The van der Waals surface area contributed by atoms with Crippen LogP contribution in [0.5, 0.6) is 5.75 Å². The minimum Gasteiger partial charge on any atom is -0.493 e. The molecule has 3 aromatic rings. The van der Waals surface area contributed by atoms with Gasteiger partial charge in [-0.15, -0.1) is 10.2 Å². The first-order valence-electron chi connectivity index (χ1n) is 12.1. The molecule has 3 fully saturated rings. The number of anilines is 1. The van der Waals surface area contributed by atoms with Crippen molar-refractivity contribution in [3.63, 3.8) is 0 Å². The molecule has 2 saturated carbocycles. The largest absolute Gasteiger partial charge is 0.493 e. The summed E-state index contributed by atoms with van der Waals surface area (Å²) in [7, 11) is 0. The Balaban J connectivity index is 0.951. The summed E-state index contributed by atoms with van der Waals surface area (Å²) in [4.78, 5) is 10.9. The zero-order valence-electron chi connectivity index (χ0n) is 18.9. The number of benzene rings is 1. The van der Waals surface area contributed by atoms with Gasteiger partial charge in [-0.25, -0.2) is 14.4 Å². The molecular weight excluding hydrogens is 457 g/mol. The highest BCUT2D eigenvalue weighted by atomic mass is 35.5. The summed E-state index contributed by atoms with van der Waals surface area (Å²) in [6.07, 6.45) is 10.0. The summed E-state index contributed by atoms with van der Waals surface area (Å²) in [6, 6.07) is 4.85. The van der Waals surface area contributed by atoms with Crippen LogP contribution in [0.15, 0.2) is 35.0 Å². The topological polar surface area (TPSA) is 77.2 Å². The van der Waals surface area contributed by atoms with Crippen molar-refractivity contribution in [3.8, 4) is 17.2 Å². The molecule has 3 heterocycles. The van der Waals surface area contributed by atoms with Crippen molar-refractivity contribution in [2.75, 3.05) is 24.6 Å². The second-order valence-corrected chi connectivity index (χ2v) is 10.1. The summed E-state index contributed by atoms with van der Waals surface area (Å²) in [5, 5.41) is 8.60. The highest BCUT2D eigenvalue weighted by Crippen LogP contribution is 2.50. The summed E-state index contributed by atoms with van der Waals surface area (Å²) in [5.74, 6) is 4.33. The van der Waals surface area contributed by atoms with Crippen LogP contribution in [-0.4, -0.2) is 39.9 Å². The summed E-state index contributed by atoms with van der Waals surface area (Å²) < 4.78 is 26.1. The second kappa shape index (κ2) is 9.13. The predicted octanol–water partition coefficient (Wildman–Crippen LogP) is 5.52. The van der Waals surface area contributed by atoms with Crippen molar-refractivity contribution in [1.82, 2.24) is 20.2 Å². The Bertz CT molecular complexity index is 1140. The van der Waals surface area contributed by atoms with Crippen molar-refractivity contribution in [2.45, 2.75) is 44.4 Å². The molecule has 6 rings (SSSR count). The minimum absolute atomic E-state index is 0.237. The highest BCUT2D eigenvalue weighted by molar-refractivity contribution is 6.30. The summed E-state index contributed by atoms with van der Waals surface area (Å²) >= 11 is 5.89. The molecule has 0 N–H and O–H groups in total. The smallest absolute Gasteiger partial charge is 0.250 e. The molecule has 178 valence electrons. The van der Waals surface area contributed by atoms with Gasteiger partial charge >= 0.3 is 0 Å². The SMILES string of the molecule is Fc1cc(OCC[C@@H]2C[C@@H]2C2CCN(c3ncc(Cl)cn3)CC2)ccc1-c1nnc(C2CC2)o1. The number of rotatable bonds is 8. The molecule has 0 spiro atoms. The normalized spacial score (nSPS) is 22.7. The van der Waals surface area contributed by atoms with E-state index in [1.165, 1.54) is 25.3 Å². The van der Waals surface area contributed by atoms with Gasteiger partial charge in [-0.2, -0.15) is 0 Å². The van der Waals surface area contributed by atoms with Crippen LogP contribution < -0.4 is 9.64 Å². The van der Waals surface area contributed by atoms with E-state index in [9.17, 15) is 4.39 Å². The first-order chi connectivity index (χ1) is 16.6. The van der Waals surface area contributed by atoms with E-state index in [4.69, 9.17) is 20.8 Å². The van der Waals surface area contributed by atoms with Gasteiger partial charge in [0.25, 0.3) is 5.89 Å². The number of halogens is 2. The van der Waals surface area contributed by atoms with Crippen molar-refractivity contribution in [1.29, 1.82) is 0 Å². The Hall–Kier alpha value is -2.74. The number of ether oxygens (including phenoxy) is 1. The molecule has 7 nitrogen and oxygen atoms in total. The zero-order valence-corrected chi connectivity index (χ0v) is 19.6. The molecule has 0 bridgehead atoms. The van der Waals surface area contributed by atoms with Crippen LogP contribution in [-0.2, 0) is 0 Å². The minimum atomic E-state index is -0.399. The van der Waals surface area contributed by atoms with Crippen LogP contribution in [0.4, 0.5) is 10.3 Å². The molecule has 2 aromatic heterocycles. The van der Waals surface area contributed by atoms with E-state index < -0.39 is 5.82 Å². The fourth-order valence-electron chi connectivity index (χ4n) is 5.10. The van der Waals surface area contributed by atoms with E-state index in [-0.39, 0.29) is 5.89 Å². The van der Waals surface area contributed by atoms with Crippen molar-refractivity contribution < 1.29 is 13.5 Å². The van der Waals surface area contributed by atoms with E-state index in [2.05, 4.69) is 25.1 Å². The molecular formula is C25H27ClFN5O2. The third-order valence-corrected chi connectivity index (χ3v) is 7.50. The van der Waals surface area contributed by atoms with Crippen molar-refractivity contribution >= 4 is 17.5 Å². The average Bonchev–Trinajstić information content (AvgIpc) is 3.78. The van der Waals surface area contributed by atoms with Gasteiger partial charge in [-0.05, 0) is 68.4 Å². The fourth-order valence-corrected chi connectivity index (χ4v) is 5.20. The average molecular weight is 484 g/mol. The molecule has 2 atom stereocenters. The van der Waals surface area contributed by atoms with E-state index in [0.717, 1.165) is 50.1 Å². The van der Waals surface area contributed by atoms with Gasteiger partial charge in [0.2, 0.25) is 11.8 Å². The molecule has 0 unspecified atom stereocenters. The Kier molecular flexibility index (Phi) is 5.85. The third kappa shape index (κ3) is 4.73. The molecule has 0 radical (unpaired) electrons. The van der Waals surface area contributed by atoms with Gasteiger partial charge in [0.05, 0.1) is 29.6 Å². The van der Waals surface area contributed by atoms with Gasteiger partial charge < -0.3 is 14.1 Å². The maximum Gasteiger partial charge on any atom is 0.250 e. The monoisotopic (exact) mass is 483 g/mol. The van der Waals surface area contributed by atoms with Crippen LogP contribution in [0.3, 0.4) is 0 Å². The van der Waals surface area contributed by atoms with E-state index in [0.29, 0.717) is 40.7 Å². The van der Waals surface area contributed by atoms with E-state index >= 15 is 0 Å².